The maximum absolute atomic E-state index is 12.3. The minimum Gasteiger partial charge on any atom is -0.356 e. The topological polar surface area (TPSA) is 73.8 Å². The summed E-state index contributed by atoms with van der Waals surface area (Å²) in [5, 5.41) is 6.35. The van der Waals surface area contributed by atoms with E-state index < -0.39 is 10.0 Å². The minimum absolute atomic E-state index is 0. The van der Waals surface area contributed by atoms with Crippen molar-refractivity contribution in [2.24, 2.45) is 4.99 Å². The fourth-order valence-electron chi connectivity index (χ4n) is 1.88. The van der Waals surface area contributed by atoms with Crippen LogP contribution in [0.5, 0.6) is 0 Å². The lowest BCUT2D eigenvalue weighted by Crippen LogP contribution is -2.37. The number of guanidine groups is 1. The third-order valence-corrected chi connectivity index (χ3v) is 5.14. The van der Waals surface area contributed by atoms with Crippen LogP contribution in [-0.4, -0.2) is 46.4 Å². The van der Waals surface area contributed by atoms with E-state index in [4.69, 9.17) is 0 Å². The Morgan fingerprint density at radius 2 is 1.87 bits per heavy atom. The van der Waals surface area contributed by atoms with Crippen LogP contribution >= 0.6 is 24.0 Å². The highest BCUT2D eigenvalue weighted by Gasteiger charge is 2.20. The Morgan fingerprint density at radius 3 is 2.43 bits per heavy atom. The molecule has 0 bridgehead atoms. The number of hydrogen-bond acceptors (Lipinski definition) is 3. The lowest BCUT2D eigenvalue weighted by atomic mass is 10.2. The molecule has 23 heavy (non-hydrogen) atoms. The van der Waals surface area contributed by atoms with Crippen LogP contribution in [0.25, 0.3) is 0 Å². The molecule has 1 aromatic rings. The average Bonchev–Trinajstić information content (AvgIpc) is 2.50. The van der Waals surface area contributed by atoms with Gasteiger partial charge in [0.05, 0.1) is 4.90 Å². The van der Waals surface area contributed by atoms with Gasteiger partial charge < -0.3 is 10.6 Å². The summed E-state index contributed by atoms with van der Waals surface area (Å²) >= 11 is 0. The van der Waals surface area contributed by atoms with Gasteiger partial charge in [0.25, 0.3) is 0 Å². The number of hydrogen-bond donors (Lipinski definition) is 2. The minimum atomic E-state index is -3.45. The molecule has 0 atom stereocenters. The monoisotopic (exact) mass is 454 g/mol. The molecule has 0 fully saturated rings. The van der Waals surface area contributed by atoms with Crippen molar-refractivity contribution in [2.45, 2.75) is 31.2 Å². The number of aliphatic imine (C=N–C) groups is 1. The molecule has 1 rings (SSSR count). The normalized spacial score (nSPS) is 12.0. The zero-order valence-electron chi connectivity index (χ0n) is 14.2. The van der Waals surface area contributed by atoms with E-state index in [0.29, 0.717) is 17.4 Å². The Bertz CT molecular complexity index is 603. The van der Waals surface area contributed by atoms with Gasteiger partial charge >= 0.3 is 0 Å². The molecule has 0 saturated heterocycles. The summed E-state index contributed by atoms with van der Waals surface area (Å²) < 4.78 is 25.9. The molecular formula is C15H27IN4O2S. The van der Waals surface area contributed by atoms with Gasteiger partial charge in [0, 0.05) is 34.2 Å². The van der Waals surface area contributed by atoms with E-state index in [1.165, 1.54) is 18.4 Å². The fraction of sp³-hybridized carbons (Fsp3) is 0.533. The van der Waals surface area contributed by atoms with Gasteiger partial charge in [0.15, 0.2) is 5.96 Å². The zero-order valence-corrected chi connectivity index (χ0v) is 17.3. The van der Waals surface area contributed by atoms with E-state index in [0.717, 1.165) is 24.9 Å². The van der Waals surface area contributed by atoms with Crippen molar-refractivity contribution in [3.05, 3.63) is 29.8 Å². The second-order valence-electron chi connectivity index (χ2n) is 5.10. The Balaban J connectivity index is 0.00000484. The molecule has 0 spiro atoms. The first kappa shape index (κ1) is 22.1. The maximum atomic E-state index is 12.3. The second-order valence-corrected chi connectivity index (χ2v) is 7.22. The summed E-state index contributed by atoms with van der Waals surface area (Å²) in [6.07, 6.45) is 2.17. The molecule has 0 saturated carbocycles. The Labute approximate surface area is 156 Å². The van der Waals surface area contributed by atoms with Crippen LogP contribution in [0.3, 0.4) is 0 Å². The molecule has 1 aromatic carbocycles. The molecule has 0 aliphatic carbocycles. The van der Waals surface area contributed by atoms with Crippen LogP contribution in [0.2, 0.25) is 0 Å². The molecule has 0 unspecified atom stereocenters. The number of nitrogens with zero attached hydrogens (tertiary/aromatic N) is 2. The number of benzene rings is 1. The molecule has 0 amide bonds. The van der Waals surface area contributed by atoms with E-state index in [-0.39, 0.29) is 24.0 Å². The molecule has 8 heteroatoms. The van der Waals surface area contributed by atoms with Gasteiger partial charge in [-0.25, -0.2) is 12.7 Å². The Hall–Kier alpha value is -0.870. The van der Waals surface area contributed by atoms with Gasteiger partial charge in [-0.1, -0.05) is 31.5 Å². The van der Waals surface area contributed by atoms with Crippen LogP contribution in [0.4, 0.5) is 0 Å². The summed E-state index contributed by atoms with van der Waals surface area (Å²) in [4.78, 5) is 4.45. The van der Waals surface area contributed by atoms with Crippen LogP contribution in [0.1, 0.15) is 25.3 Å². The Kier molecular flexibility index (Phi) is 10.4. The number of halogens is 1. The van der Waals surface area contributed by atoms with Gasteiger partial charge in [-0.2, -0.15) is 0 Å². The standard InChI is InChI=1S/C15H26N4O2S.HI/c1-5-6-11-17-15(16-2)18-12-13-9-7-8-10-14(13)22(20,21)19(3)4;/h7-10H,5-6,11-12H2,1-4H3,(H2,16,17,18);1H. The van der Waals surface area contributed by atoms with Crippen LogP contribution in [0.15, 0.2) is 34.2 Å². The van der Waals surface area contributed by atoms with Crippen molar-refractivity contribution in [1.29, 1.82) is 0 Å². The van der Waals surface area contributed by atoms with Crippen molar-refractivity contribution in [2.75, 3.05) is 27.7 Å². The summed E-state index contributed by atoms with van der Waals surface area (Å²) in [5.41, 5.74) is 0.717. The first-order valence-electron chi connectivity index (χ1n) is 7.38. The van der Waals surface area contributed by atoms with Gasteiger partial charge in [0.1, 0.15) is 0 Å². The van der Waals surface area contributed by atoms with Crippen LogP contribution in [-0.2, 0) is 16.6 Å². The lowest BCUT2D eigenvalue weighted by molar-refractivity contribution is 0.519. The van der Waals surface area contributed by atoms with E-state index in [1.807, 2.05) is 12.1 Å². The quantitative estimate of drug-likeness (QED) is 0.286. The third-order valence-electron chi connectivity index (χ3n) is 3.22. The highest BCUT2D eigenvalue weighted by molar-refractivity contribution is 14.0. The lowest BCUT2D eigenvalue weighted by Gasteiger charge is -2.16. The summed E-state index contributed by atoms with van der Waals surface area (Å²) in [6, 6.07) is 7.00. The SMILES string of the molecule is CCCCNC(=NC)NCc1ccccc1S(=O)(=O)N(C)C.I. The first-order chi connectivity index (χ1) is 10.4. The van der Waals surface area contributed by atoms with E-state index >= 15 is 0 Å². The molecule has 132 valence electrons. The van der Waals surface area contributed by atoms with Gasteiger partial charge in [-0.05, 0) is 18.1 Å². The van der Waals surface area contributed by atoms with Gasteiger partial charge in [-0.3, -0.25) is 4.99 Å². The number of sulfonamides is 1. The Morgan fingerprint density at radius 1 is 1.22 bits per heavy atom. The van der Waals surface area contributed by atoms with Gasteiger partial charge in [-0.15, -0.1) is 24.0 Å². The molecular weight excluding hydrogens is 427 g/mol. The molecule has 2 N–H and O–H groups in total. The molecule has 0 aromatic heterocycles. The number of unbranched alkanes of at least 4 members (excludes halogenated alkanes) is 1. The highest BCUT2D eigenvalue weighted by atomic mass is 127. The number of nitrogens with one attached hydrogen (secondary N) is 2. The largest absolute Gasteiger partial charge is 0.356 e. The smallest absolute Gasteiger partial charge is 0.242 e. The maximum Gasteiger partial charge on any atom is 0.242 e. The van der Waals surface area contributed by atoms with E-state index in [2.05, 4.69) is 22.5 Å². The predicted octanol–water partition coefficient (Wildman–Crippen LogP) is 2.02. The van der Waals surface area contributed by atoms with Crippen molar-refractivity contribution in [3.63, 3.8) is 0 Å². The third kappa shape index (κ3) is 6.64. The second kappa shape index (κ2) is 10.8. The van der Waals surface area contributed by atoms with Crippen molar-refractivity contribution in [1.82, 2.24) is 14.9 Å². The van der Waals surface area contributed by atoms with Gasteiger partial charge in [0.2, 0.25) is 10.0 Å². The van der Waals surface area contributed by atoms with E-state index in [1.54, 1.807) is 19.2 Å². The van der Waals surface area contributed by atoms with Crippen molar-refractivity contribution >= 4 is 40.0 Å². The highest BCUT2D eigenvalue weighted by Crippen LogP contribution is 2.18. The molecule has 0 radical (unpaired) electrons. The number of rotatable bonds is 7. The molecule has 0 aliphatic heterocycles. The molecule has 0 aliphatic rings. The van der Waals surface area contributed by atoms with Crippen LogP contribution < -0.4 is 10.6 Å². The molecule has 6 nitrogen and oxygen atoms in total. The predicted molar refractivity (Wildman–Crippen MR) is 106 cm³/mol. The summed E-state index contributed by atoms with van der Waals surface area (Å²) in [6.45, 7) is 3.36. The fourth-order valence-corrected chi connectivity index (χ4v) is 3.00. The van der Waals surface area contributed by atoms with Crippen molar-refractivity contribution < 1.29 is 8.42 Å². The molecule has 0 heterocycles. The average molecular weight is 454 g/mol. The van der Waals surface area contributed by atoms with E-state index in [9.17, 15) is 8.42 Å². The van der Waals surface area contributed by atoms with Crippen LogP contribution in [0, 0.1) is 0 Å². The zero-order chi connectivity index (χ0) is 16.6. The summed E-state index contributed by atoms with van der Waals surface area (Å²) in [5.74, 6) is 0.672. The first-order valence-corrected chi connectivity index (χ1v) is 8.82. The summed E-state index contributed by atoms with van der Waals surface area (Å²) in [7, 11) is 1.31. The van der Waals surface area contributed by atoms with Crippen molar-refractivity contribution in [3.8, 4) is 0 Å².